The number of hydrogen-bond acceptors (Lipinski definition) is 5. The first-order valence-electron chi connectivity index (χ1n) is 8.29. The van der Waals surface area contributed by atoms with Gasteiger partial charge in [0.1, 0.15) is 5.75 Å². The van der Waals surface area contributed by atoms with Gasteiger partial charge in [0.15, 0.2) is 17.6 Å². The SMILES string of the molecule is COc1cc(CNC(=O)C(C)Oc2ccccc2C)cc(OC)c1OC. The normalized spacial score (nSPS) is 11.4. The number of ether oxygens (including phenoxy) is 4. The van der Waals surface area contributed by atoms with Gasteiger partial charge in [0.05, 0.1) is 21.3 Å². The van der Waals surface area contributed by atoms with E-state index in [9.17, 15) is 4.79 Å². The maximum atomic E-state index is 12.3. The van der Waals surface area contributed by atoms with Gasteiger partial charge in [0, 0.05) is 6.54 Å². The molecule has 0 aliphatic carbocycles. The van der Waals surface area contributed by atoms with Gasteiger partial charge in [-0.15, -0.1) is 0 Å². The van der Waals surface area contributed by atoms with E-state index in [4.69, 9.17) is 18.9 Å². The summed E-state index contributed by atoms with van der Waals surface area (Å²) in [5.74, 6) is 2.09. The number of amides is 1. The molecule has 6 heteroatoms. The summed E-state index contributed by atoms with van der Waals surface area (Å²) < 4.78 is 21.7. The van der Waals surface area contributed by atoms with Crippen molar-refractivity contribution in [3.8, 4) is 23.0 Å². The van der Waals surface area contributed by atoms with E-state index in [1.165, 1.54) is 0 Å². The van der Waals surface area contributed by atoms with Crippen LogP contribution in [-0.4, -0.2) is 33.3 Å². The molecule has 6 nitrogen and oxygen atoms in total. The Hall–Kier alpha value is -2.89. The molecule has 2 aromatic carbocycles. The summed E-state index contributed by atoms with van der Waals surface area (Å²) in [5, 5.41) is 2.86. The Morgan fingerprint density at radius 3 is 2.15 bits per heavy atom. The van der Waals surface area contributed by atoms with Gasteiger partial charge in [-0.1, -0.05) is 18.2 Å². The molecule has 140 valence electrons. The molecule has 26 heavy (non-hydrogen) atoms. The number of rotatable bonds is 8. The van der Waals surface area contributed by atoms with Crippen molar-refractivity contribution in [2.24, 2.45) is 0 Å². The van der Waals surface area contributed by atoms with Crippen LogP contribution in [0, 0.1) is 6.92 Å². The molecule has 0 radical (unpaired) electrons. The van der Waals surface area contributed by atoms with Gasteiger partial charge >= 0.3 is 0 Å². The average molecular weight is 359 g/mol. The molecule has 0 saturated carbocycles. The van der Waals surface area contributed by atoms with Crippen LogP contribution in [0.25, 0.3) is 0 Å². The third-order valence-electron chi connectivity index (χ3n) is 3.96. The minimum absolute atomic E-state index is 0.206. The first kappa shape index (κ1) is 19.4. The first-order chi connectivity index (χ1) is 12.5. The highest BCUT2D eigenvalue weighted by Gasteiger charge is 2.17. The second-order valence-corrected chi connectivity index (χ2v) is 5.78. The molecule has 1 unspecified atom stereocenters. The van der Waals surface area contributed by atoms with Crippen LogP contribution < -0.4 is 24.3 Å². The van der Waals surface area contributed by atoms with E-state index in [1.807, 2.05) is 31.2 Å². The second-order valence-electron chi connectivity index (χ2n) is 5.78. The predicted molar refractivity (Wildman–Crippen MR) is 99.2 cm³/mol. The number of para-hydroxylation sites is 1. The molecule has 0 bridgehead atoms. The average Bonchev–Trinajstić information content (AvgIpc) is 2.66. The Kier molecular flexibility index (Phi) is 6.72. The van der Waals surface area contributed by atoms with Gasteiger partial charge in [-0.05, 0) is 43.2 Å². The van der Waals surface area contributed by atoms with E-state index in [0.29, 0.717) is 29.5 Å². The number of benzene rings is 2. The molecular formula is C20H25NO5. The van der Waals surface area contributed by atoms with Crippen LogP contribution in [0.15, 0.2) is 36.4 Å². The number of methoxy groups -OCH3 is 3. The number of hydrogen-bond donors (Lipinski definition) is 1. The van der Waals surface area contributed by atoms with Gasteiger partial charge in [0.2, 0.25) is 5.75 Å². The summed E-state index contributed by atoms with van der Waals surface area (Å²) in [6, 6.07) is 11.2. The Morgan fingerprint density at radius 1 is 1.00 bits per heavy atom. The van der Waals surface area contributed by atoms with Crippen molar-refractivity contribution in [1.82, 2.24) is 5.32 Å². The summed E-state index contributed by atoms with van der Waals surface area (Å²) in [6.07, 6.45) is -0.613. The summed E-state index contributed by atoms with van der Waals surface area (Å²) in [4.78, 5) is 12.3. The Balaban J connectivity index is 2.03. The fourth-order valence-corrected chi connectivity index (χ4v) is 2.50. The van der Waals surface area contributed by atoms with Crippen molar-refractivity contribution in [3.05, 3.63) is 47.5 Å². The molecule has 1 amide bonds. The summed E-state index contributed by atoms with van der Waals surface area (Å²) in [5.41, 5.74) is 1.81. The second kappa shape index (κ2) is 8.99. The highest BCUT2D eigenvalue weighted by Crippen LogP contribution is 2.38. The fourth-order valence-electron chi connectivity index (χ4n) is 2.50. The number of carbonyl (C=O) groups excluding carboxylic acids is 1. The molecule has 2 aromatic rings. The van der Waals surface area contributed by atoms with Crippen molar-refractivity contribution in [1.29, 1.82) is 0 Å². The van der Waals surface area contributed by atoms with Gasteiger partial charge in [-0.25, -0.2) is 0 Å². The lowest BCUT2D eigenvalue weighted by molar-refractivity contribution is -0.127. The van der Waals surface area contributed by atoms with E-state index in [-0.39, 0.29) is 5.91 Å². The highest BCUT2D eigenvalue weighted by molar-refractivity contribution is 5.80. The molecule has 0 aliphatic heterocycles. The zero-order valence-corrected chi connectivity index (χ0v) is 15.8. The maximum absolute atomic E-state index is 12.3. The van der Waals surface area contributed by atoms with Crippen molar-refractivity contribution in [2.75, 3.05) is 21.3 Å². The van der Waals surface area contributed by atoms with Crippen LogP contribution in [0.1, 0.15) is 18.1 Å². The summed E-state index contributed by atoms with van der Waals surface area (Å²) in [6.45, 7) is 3.98. The van der Waals surface area contributed by atoms with Gasteiger partial charge < -0.3 is 24.3 Å². The maximum Gasteiger partial charge on any atom is 0.261 e. The predicted octanol–water partition coefficient (Wildman–Crippen LogP) is 3.10. The number of nitrogens with one attached hydrogen (secondary N) is 1. The van der Waals surface area contributed by atoms with Gasteiger partial charge in [-0.2, -0.15) is 0 Å². The van der Waals surface area contributed by atoms with Crippen LogP contribution in [0.2, 0.25) is 0 Å². The number of carbonyl (C=O) groups is 1. The van der Waals surface area contributed by atoms with Crippen molar-refractivity contribution >= 4 is 5.91 Å². The lowest BCUT2D eigenvalue weighted by Gasteiger charge is -2.17. The fraction of sp³-hybridized carbons (Fsp3) is 0.350. The van der Waals surface area contributed by atoms with Crippen molar-refractivity contribution in [3.63, 3.8) is 0 Å². The highest BCUT2D eigenvalue weighted by atomic mass is 16.5. The van der Waals surface area contributed by atoms with Crippen LogP contribution in [0.4, 0.5) is 0 Å². The minimum atomic E-state index is -0.613. The number of aryl methyl sites for hydroxylation is 1. The van der Waals surface area contributed by atoms with Crippen LogP contribution in [0.3, 0.4) is 0 Å². The lowest BCUT2D eigenvalue weighted by atomic mass is 10.1. The molecule has 2 rings (SSSR count). The van der Waals surface area contributed by atoms with Crippen LogP contribution >= 0.6 is 0 Å². The molecule has 0 aromatic heterocycles. The van der Waals surface area contributed by atoms with E-state index in [2.05, 4.69) is 5.32 Å². The lowest BCUT2D eigenvalue weighted by Crippen LogP contribution is -2.36. The minimum Gasteiger partial charge on any atom is -0.493 e. The van der Waals surface area contributed by atoms with E-state index >= 15 is 0 Å². The van der Waals surface area contributed by atoms with E-state index in [1.54, 1.807) is 40.4 Å². The molecular weight excluding hydrogens is 334 g/mol. The first-order valence-corrected chi connectivity index (χ1v) is 8.29. The van der Waals surface area contributed by atoms with Crippen molar-refractivity contribution < 1.29 is 23.7 Å². The summed E-state index contributed by atoms with van der Waals surface area (Å²) in [7, 11) is 4.65. The van der Waals surface area contributed by atoms with E-state index in [0.717, 1.165) is 11.1 Å². The third-order valence-corrected chi connectivity index (χ3v) is 3.96. The summed E-state index contributed by atoms with van der Waals surface area (Å²) >= 11 is 0. The molecule has 1 atom stereocenters. The Morgan fingerprint density at radius 2 is 1.62 bits per heavy atom. The zero-order chi connectivity index (χ0) is 19.1. The van der Waals surface area contributed by atoms with Crippen LogP contribution in [-0.2, 0) is 11.3 Å². The van der Waals surface area contributed by atoms with Crippen LogP contribution in [0.5, 0.6) is 23.0 Å². The Bertz CT molecular complexity index is 735. The van der Waals surface area contributed by atoms with E-state index < -0.39 is 6.10 Å². The molecule has 0 aliphatic rings. The van der Waals surface area contributed by atoms with Crippen molar-refractivity contribution in [2.45, 2.75) is 26.5 Å². The third kappa shape index (κ3) is 4.59. The standard InChI is InChI=1S/C20H25NO5/c1-13-8-6-7-9-16(13)26-14(2)20(22)21-12-15-10-17(23-3)19(25-5)18(11-15)24-4/h6-11,14H,12H2,1-5H3,(H,21,22). The van der Waals surface area contributed by atoms with Gasteiger partial charge in [0.25, 0.3) is 5.91 Å². The smallest absolute Gasteiger partial charge is 0.261 e. The quantitative estimate of drug-likeness (QED) is 0.784. The van der Waals surface area contributed by atoms with Gasteiger partial charge in [-0.3, -0.25) is 4.79 Å². The molecule has 0 fully saturated rings. The molecule has 1 N–H and O–H groups in total. The molecule has 0 heterocycles. The molecule has 0 spiro atoms. The monoisotopic (exact) mass is 359 g/mol. The largest absolute Gasteiger partial charge is 0.493 e. The topological polar surface area (TPSA) is 66.0 Å². The Labute approximate surface area is 154 Å². The zero-order valence-electron chi connectivity index (χ0n) is 15.8. The molecule has 0 saturated heterocycles.